The highest BCUT2D eigenvalue weighted by Crippen LogP contribution is 2.39. The first-order chi connectivity index (χ1) is 31.1. The molecule has 4 fully saturated rings. The minimum atomic E-state index is 0. The molecule has 65 heavy (non-hydrogen) atoms. The van der Waals surface area contributed by atoms with Gasteiger partial charge in [-0.05, 0) is 140 Å². The van der Waals surface area contributed by atoms with Crippen LogP contribution >= 0.6 is 12.4 Å². The Labute approximate surface area is 381 Å². The largest absolute Gasteiger partial charge is 0.411 e. The van der Waals surface area contributed by atoms with Gasteiger partial charge in [0.2, 0.25) is 0 Å². The molecular weight excluding hydrogens is 846 g/mol. The second-order valence-corrected chi connectivity index (χ2v) is 16.8. The molecule has 0 radical (unpaired) electrons. The molecule has 4 aliphatic carbocycles. The molecule has 0 unspecified atom stereocenters. The van der Waals surface area contributed by atoms with E-state index < -0.39 is 0 Å². The summed E-state index contributed by atoms with van der Waals surface area (Å²) in [6.45, 7) is 6.75. The van der Waals surface area contributed by atoms with E-state index >= 15 is 0 Å². The Hall–Kier alpha value is -6.75. The van der Waals surface area contributed by atoms with Crippen molar-refractivity contribution in [3.8, 4) is 0 Å². The van der Waals surface area contributed by atoms with Crippen LogP contribution in [0.4, 0.5) is 0 Å². The highest BCUT2D eigenvalue weighted by molar-refractivity contribution is 6.02. The van der Waals surface area contributed by atoms with Gasteiger partial charge < -0.3 is 33.9 Å². The van der Waals surface area contributed by atoms with Gasteiger partial charge >= 0.3 is 0 Å². The third-order valence-corrected chi connectivity index (χ3v) is 12.0. The molecule has 0 atom stereocenters. The van der Waals surface area contributed by atoms with E-state index in [0.29, 0.717) is 35.6 Å². The van der Waals surface area contributed by atoms with Crippen molar-refractivity contribution in [3.63, 3.8) is 0 Å². The number of ketones is 2. The Balaban J connectivity index is 0.000000127. The van der Waals surface area contributed by atoms with Gasteiger partial charge in [0.1, 0.15) is 0 Å². The van der Waals surface area contributed by atoms with Gasteiger partial charge in [0.15, 0.2) is 11.6 Å². The van der Waals surface area contributed by atoms with Crippen molar-refractivity contribution in [2.75, 3.05) is 0 Å². The minimum absolute atomic E-state index is 0. The number of imidazole rings is 4. The lowest BCUT2D eigenvalue weighted by Gasteiger charge is -2.03. The fraction of sp³-hybridized carbons (Fsp3) is 0.333. The molecule has 5 N–H and O–H groups in total. The number of nitrogens with two attached hydrogens (primary N) is 1. The summed E-state index contributed by atoms with van der Waals surface area (Å²) in [6.07, 6.45) is 17.5. The van der Waals surface area contributed by atoms with Gasteiger partial charge in [-0.1, -0.05) is 22.4 Å². The van der Waals surface area contributed by atoms with Gasteiger partial charge in [-0.25, -0.2) is 25.8 Å². The summed E-state index contributed by atoms with van der Waals surface area (Å²) in [5.74, 6) is 3.71. The molecule has 8 aromatic rings. The number of aromatic nitrogens is 8. The highest BCUT2D eigenvalue weighted by atomic mass is 35.5. The number of hydrogen-bond acceptors (Lipinski definition) is 12. The highest BCUT2D eigenvalue weighted by Gasteiger charge is 2.27. The van der Waals surface area contributed by atoms with Gasteiger partial charge in [-0.3, -0.25) is 9.59 Å². The maximum absolute atomic E-state index is 11.3. The van der Waals surface area contributed by atoms with Crippen LogP contribution in [0.25, 0.3) is 44.1 Å². The molecule has 0 bridgehead atoms. The number of hydrogen-bond donors (Lipinski definition) is 4. The molecule has 4 aliphatic rings. The molecule has 338 valence electrons. The van der Waals surface area contributed by atoms with E-state index in [1.54, 1.807) is 27.7 Å². The molecule has 0 amide bonds. The van der Waals surface area contributed by atoms with Crippen LogP contribution in [0.3, 0.4) is 0 Å². The Bertz CT molecular complexity index is 3040. The SMILES string of the molecule is C/C(=N/O)c1ccc2c(c1)ncn2C1CC1.C/C(=N/O)c1ccc2ncn(C3CC3)c2c1.CC(=O)c1ccc2c(c1)ncn2C1CC1.CC(=O)c1ccc2ncn(C3CC3)c2c1.Cl.NO. The fourth-order valence-corrected chi connectivity index (χ4v) is 7.69. The Morgan fingerprint density at radius 3 is 1.14 bits per heavy atom. The van der Waals surface area contributed by atoms with Crippen LogP contribution in [0.2, 0.25) is 0 Å². The molecule has 4 aromatic heterocycles. The van der Waals surface area contributed by atoms with Crippen LogP contribution in [0.1, 0.15) is 135 Å². The summed E-state index contributed by atoms with van der Waals surface area (Å²) in [5, 5.41) is 30.4. The first-order valence-corrected chi connectivity index (χ1v) is 21.6. The second kappa shape index (κ2) is 20.0. The maximum atomic E-state index is 11.3. The van der Waals surface area contributed by atoms with Crippen molar-refractivity contribution in [2.24, 2.45) is 16.2 Å². The number of rotatable bonds is 8. The first kappa shape index (κ1) is 46.2. The van der Waals surface area contributed by atoms with Gasteiger partial charge in [0.05, 0.1) is 80.9 Å². The first-order valence-electron chi connectivity index (χ1n) is 21.6. The fourth-order valence-electron chi connectivity index (χ4n) is 7.69. The second-order valence-electron chi connectivity index (χ2n) is 16.8. The van der Waals surface area contributed by atoms with Crippen molar-refractivity contribution >= 4 is 79.5 Å². The predicted octanol–water partition coefficient (Wildman–Crippen LogP) is 10.0. The Morgan fingerprint density at radius 1 is 0.462 bits per heavy atom. The van der Waals surface area contributed by atoms with E-state index in [2.05, 4.69) is 54.4 Å². The van der Waals surface area contributed by atoms with E-state index in [1.807, 2.05) is 98.1 Å². The predicted molar refractivity (Wildman–Crippen MR) is 253 cm³/mol. The molecule has 4 aromatic carbocycles. The lowest BCUT2D eigenvalue weighted by atomic mass is 10.1. The lowest BCUT2D eigenvalue weighted by molar-refractivity contribution is 0.100. The number of carbonyl (C=O) groups excluding carboxylic acids is 2. The van der Waals surface area contributed by atoms with Gasteiger partial charge in [0, 0.05) is 46.4 Å². The van der Waals surface area contributed by atoms with Crippen LogP contribution in [-0.4, -0.2) is 76.8 Å². The van der Waals surface area contributed by atoms with E-state index in [4.69, 9.17) is 15.6 Å². The average Bonchev–Trinajstić information content (AvgIpc) is 4.16. The normalized spacial score (nSPS) is 15.7. The number of oxime groups is 2. The van der Waals surface area contributed by atoms with Crippen molar-refractivity contribution < 1.29 is 25.2 Å². The van der Waals surface area contributed by atoms with Gasteiger partial charge in [-0.2, -0.15) is 0 Å². The third kappa shape index (κ3) is 10.5. The van der Waals surface area contributed by atoms with E-state index in [0.717, 1.165) is 66.4 Å². The minimum Gasteiger partial charge on any atom is -0.411 e. The Kier molecular flexibility index (Phi) is 14.2. The van der Waals surface area contributed by atoms with Crippen LogP contribution < -0.4 is 5.90 Å². The molecule has 16 nitrogen and oxygen atoms in total. The monoisotopic (exact) mass is 899 g/mol. The van der Waals surface area contributed by atoms with E-state index in [-0.39, 0.29) is 24.0 Å². The van der Waals surface area contributed by atoms with Crippen molar-refractivity contribution in [1.82, 2.24) is 38.2 Å². The maximum Gasteiger partial charge on any atom is 0.159 e. The summed E-state index contributed by atoms with van der Waals surface area (Å²) in [6, 6.07) is 25.9. The molecule has 17 heteroatoms. The third-order valence-electron chi connectivity index (χ3n) is 12.0. The summed E-state index contributed by atoms with van der Waals surface area (Å²) in [4.78, 5) is 39.9. The molecule has 0 saturated heterocycles. The number of fused-ring (bicyclic) bond motifs is 4. The topological polar surface area (TPSA) is 217 Å². The molecular formula is C48H54ClN11O5. The zero-order chi connectivity index (χ0) is 45.1. The molecule has 4 saturated carbocycles. The number of benzene rings is 4. The summed E-state index contributed by atoms with van der Waals surface area (Å²) in [7, 11) is 0. The summed E-state index contributed by atoms with van der Waals surface area (Å²) < 4.78 is 8.83. The van der Waals surface area contributed by atoms with Crippen LogP contribution in [0, 0.1) is 0 Å². The zero-order valence-electron chi connectivity index (χ0n) is 36.8. The van der Waals surface area contributed by atoms with Crippen LogP contribution in [0.5, 0.6) is 0 Å². The zero-order valence-corrected chi connectivity index (χ0v) is 37.6. The van der Waals surface area contributed by atoms with Crippen LogP contribution in [0.15, 0.2) is 108 Å². The van der Waals surface area contributed by atoms with E-state index in [9.17, 15) is 9.59 Å². The van der Waals surface area contributed by atoms with Crippen LogP contribution in [-0.2, 0) is 0 Å². The number of halogens is 1. The Morgan fingerprint density at radius 2 is 0.754 bits per heavy atom. The van der Waals surface area contributed by atoms with Crippen molar-refractivity contribution in [2.45, 2.75) is 103 Å². The smallest absolute Gasteiger partial charge is 0.159 e. The number of nitrogens with zero attached hydrogens (tertiary/aromatic N) is 10. The quantitative estimate of drug-likeness (QED) is 0.0490. The van der Waals surface area contributed by atoms with Crippen molar-refractivity contribution in [3.05, 3.63) is 120 Å². The lowest BCUT2D eigenvalue weighted by Crippen LogP contribution is -1.96. The molecule has 12 rings (SSSR count). The number of carbonyl (C=O) groups is 2. The van der Waals surface area contributed by atoms with E-state index in [1.165, 1.54) is 51.4 Å². The summed E-state index contributed by atoms with van der Waals surface area (Å²) >= 11 is 0. The average molecular weight is 900 g/mol. The van der Waals surface area contributed by atoms with Crippen molar-refractivity contribution in [1.29, 1.82) is 0 Å². The summed E-state index contributed by atoms with van der Waals surface area (Å²) in [5.41, 5.74) is 13.0. The van der Waals surface area contributed by atoms with Gasteiger partial charge in [-0.15, -0.1) is 12.4 Å². The van der Waals surface area contributed by atoms with Gasteiger partial charge in [0.25, 0.3) is 0 Å². The number of Topliss-reactive ketones (excluding diaryl/α,β-unsaturated/α-hetero) is 2. The molecule has 4 heterocycles. The molecule has 0 spiro atoms. The standard InChI is InChI=1S/2C12H13N3O.2C12H12N2O.ClH.H3NO/c1-8(14-16)9-2-5-12-11(6-9)13-7-15(12)10-3-4-10;1-8(14-16)9-2-5-11-12(6-9)15(7-13-11)10-3-4-10;1-8(15)9-2-5-12-11(6-9)13-7-14(12)10-3-4-10;1-8(15)9-2-5-11-12(6-9)14(7-13-11)10-3-4-10;;1-2/h2*2,5-7,10,16H,3-4H2,1H3;2*2,5-7,10H,3-4H2,1H3;1H;2H,1H2/b2*14-8-;;;;. The molecule has 0 aliphatic heterocycles.